The van der Waals surface area contributed by atoms with Gasteiger partial charge in [0.25, 0.3) is 0 Å². The Morgan fingerprint density at radius 2 is 1.55 bits per heavy atom. The SMILES string of the molecule is [CH2]Oc1c(F)cc(F)cc1F. The van der Waals surface area contributed by atoms with Crippen LogP contribution in [0.5, 0.6) is 5.75 Å². The number of hydrogen-bond donors (Lipinski definition) is 0. The molecule has 1 rings (SSSR count). The zero-order valence-corrected chi connectivity index (χ0v) is 5.40. The molecule has 1 aromatic rings. The molecule has 59 valence electrons. The van der Waals surface area contributed by atoms with E-state index in [0.717, 1.165) is 0 Å². The first-order valence-electron chi connectivity index (χ1n) is 2.71. The normalized spacial score (nSPS) is 9.82. The maximum atomic E-state index is 12.5. The van der Waals surface area contributed by atoms with Crippen LogP contribution in [0.2, 0.25) is 0 Å². The van der Waals surface area contributed by atoms with Gasteiger partial charge < -0.3 is 4.74 Å². The quantitative estimate of drug-likeness (QED) is 0.613. The molecule has 0 aliphatic heterocycles. The lowest BCUT2D eigenvalue weighted by Gasteiger charge is -2.01. The molecule has 0 saturated heterocycles. The molecular weight excluding hydrogens is 157 g/mol. The smallest absolute Gasteiger partial charge is 0.191 e. The minimum absolute atomic E-state index is 0.517. The van der Waals surface area contributed by atoms with Gasteiger partial charge in [-0.05, 0) is 0 Å². The van der Waals surface area contributed by atoms with Crippen LogP contribution < -0.4 is 4.74 Å². The van der Waals surface area contributed by atoms with Gasteiger partial charge in [0.15, 0.2) is 17.4 Å². The summed E-state index contributed by atoms with van der Waals surface area (Å²) in [5.41, 5.74) is 0. The van der Waals surface area contributed by atoms with E-state index in [9.17, 15) is 13.2 Å². The first-order chi connectivity index (χ1) is 5.15. The van der Waals surface area contributed by atoms with Gasteiger partial charge in [-0.15, -0.1) is 0 Å². The van der Waals surface area contributed by atoms with Crippen molar-refractivity contribution in [3.05, 3.63) is 36.7 Å². The van der Waals surface area contributed by atoms with Gasteiger partial charge in [-0.1, -0.05) is 0 Å². The van der Waals surface area contributed by atoms with Gasteiger partial charge in [-0.2, -0.15) is 0 Å². The van der Waals surface area contributed by atoms with Crippen LogP contribution in [-0.2, 0) is 0 Å². The van der Waals surface area contributed by atoms with Crippen molar-refractivity contribution in [2.24, 2.45) is 0 Å². The third-order valence-electron chi connectivity index (χ3n) is 1.11. The number of rotatable bonds is 1. The second kappa shape index (κ2) is 2.82. The van der Waals surface area contributed by atoms with Crippen LogP contribution in [0.4, 0.5) is 13.2 Å². The Morgan fingerprint density at radius 3 is 1.91 bits per heavy atom. The Balaban J connectivity index is 3.25. The molecule has 0 aliphatic rings. The highest BCUT2D eigenvalue weighted by molar-refractivity contribution is 5.26. The van der Waals surface area contributed by atoms with Crippen LogP contribution in [0.15, 0.2) is 12.1 Å². The fraction of sp³-hybridized carbons (Fsp3) is 0. The molecule has 0 spiro atoms. The first kappa shape index (κ1) is 7.91. The standard InChI is InChI=1S/C7H4F3O/c1-11-7-5(9)2-4(8)3-6(7)10/h2-3H,1H2. The average Bonchev–Trinajstić information content (AvgIpc) is 1.85. The Labute approximate surface area is 61.4 Å². The summed E-state index contributed by atoms with van der Waals surface area (Å²) >= 11 is 0. The molecule has 1 aromatic carbocycles. The van der Waals surface area contributed by atoms with Gasteiger partial charge in [0.2, 0.25) is 0 Å². The molecule has 0 aromatic heterocycles. The third-order valence-corrected chi connectivity index (χ3v) is 1.11. The molecule has 1 nitrogen and oxygen atoms in total. The first-order valence-corrected chi connectivity index (χ1v) is 2.71. The second-order valence-corrected chi connectivity index (χ2v) is 1.84. The van der Waals surface area contributed by atoms with E-state index < -0.39 is 23.2 Å². The summed E-state index contributed by atoms with van der Waals surface area (Å²) < 4.78 is 41.2. The van der Waals surface area contributed by atoms with E-state index >= 15 is 0 Å². The van der Waals surface area contributed by atoms with Crippen molar-refractivity contribution in [2.45, 2.75) is 0 Å². The summed E-state index contributed by atoms with van der Waals surface area (Å²) in [6, 6.07) is 1.03. The zero-order chi connectivity index (χ0) is 8.43. The minimum atomic E-state index is -1.10. The highest BCUT2D eigenvalue weighted by Crippen LogP contribution is 2.21. The Kier molecular flexibility index (Phi) is 2.03. The van der Waals surface area contributed by atoms with Crippen molar-refractivity contribution in [1.29, 1.82) is 0 Å². The molecule has 1 radical (unpaired) electrons. The number of hydrogen-bond acceptors (Lipinski definition) is 1. The summed E-state index contributed by atoms with van der Waals surface area (Å²) in [6.07, 6.45) is 0. The predicted molar refractivity (Wildman–Crippen MR) is 32.3 cm³/mol. The largest absolute Gasteiger partial charge is 0.484 e. The van der Waals surface area contributed by atoms with Gasteiger partial charge in [-0.3, -0.25) is 0 Å². The molecule has 4 heteroatoms. The lowest BCUT2D eigenvalue weighted by Crippen LogP contribution is -1.91. The molecule has 11 heavy (non-hydrogen) atoms. The van der Waals surface area contributed by atoms with Crippen LogP contribution in [0.1, 0.15) is 0 Å². The highest BCUT2D eigenvalue weighted by atomic mass is 19.1. The van der Waals surface area contributed by atoms with Gasteiger partial charge in [-0.25, -0.2) is 13.2 Å². The van der Waals surface area contributed by atoms with Crippen LogP contribution in [0.3, 0.4) is 0 Å². The number of benzene rings is 1. The summed E-state index contributed by atoms with van der Waals surface area (Å²) in [5, 5.41) is 0. The predicted octanol–water partition coefficient (Wildman–Crippen LogP) is 2.27. The maximum absolute atomic E-state index is 12.5. The number of halogens is 3. The average molecular weight is 161 g/mol. The van der Waals surface area contributed by atoms with Crippen LogP contribution in [-0.4, -0.2) is 0 Å². The van der Waals surface area contributed by atoms with E-state index in [2.05, 4.69) is 11.8 Å². The lowest BCUT2D eigenvalue weighted by atomic mass is 10.3. The highest BCUT2D eigenvalue weighted by Gasteiger charge is 2.10. The van der Waals surface area contributed by atoms with Crippen molar-refractivity contribution in [2.75, 3.05) is 0 Å². The summed E-state index contributed by atoms with van der Waals surface area (Å²) in [7, 11) is 2.80. The van der Waals surface area contributed by atoms with E-state index in [4.69, 9.17) is 0 Å². The Hall–Kier alpha value is -1.19. The molecule has 0 N–H and O–H groups in total. The van der Waals surface area contributed by atoms with Crippen LogP contribution in [0.25, 0.3) is 0 Å². The Bertz CT molecular complexity index is 249. The molecule has 0 atom stereocenters. The Morgan fingerprint density at radius 1 is 1.09 bits per heavy atom. The molecule has 0 unspecified atom stereocenters. The fourth-order valence-electron chi connectivity index (χ4n) is 0.667. The van der Waals surface area contributed by atoms with Crippen molar-refractivity contribution in [3.8, 4) is 5.75 Å². The third kappa shape index (κ3) is 1.45. The molecule has 0 amide bonds. The van der Waals surface area contributed by atoms with Crippen molar-refractivity contribution < 1.29 is 17.9 Å². The second-order valence-electron chi connectivity index (χ2n) is 1.84. The molecule has 0 aliphatic carbocycles. The summed E-state index contributed by atoms with van der Waals surface area (Å²) in [4.78, 5) is 0. The van der Waals surface area contributed by atoms with E-state index in [1.54, 1.807) is 0 Å². The lowest BCUT2D eigenvalue weighted by molar-refractivity contribution is 0.394. The van der Waals surface area contributed by atoms with E-state index in [1.165, 1.54) is 0 Å². The minimum Gasteiger partial charge on any atom is -0.484 e. The topological polar surface area (TPSA) is 9.23 Å². The van der Waals surface area contributed by atoms with E-state index in [-0.39, 0.29) is 0 Å². The van der Waals surface area contributed by atoms with Gasteiger partial charge in [0.1, 0.15) is 12.9 Å². The van der Waals surface area contributed by atoms with Crippen LogP contribution >= 0.6 is 0 Å². The zero-order valence-electron chi connectivity index (χ0n) is 5.40. The molecule has 0 saturated carbocycles. The van der Waals surface area contributed by atoms with Gasteiger partial charge >= 0.3 is 0 Å². The van der Waals surface area contributed by atoms with E-state index in [1.807, 2.05) is 0 Å². The van der Waals surface area contributed by atoms with Crippen molar-refractivity contribution in [3.63, 3.8) is 0 Å². The fourth-order valence-corrected chi connectivity index (χ4v) is 0.667. The van der Waals surface area contributed by atoms with Crippen LogP contribution in [0, 0.1) is 24.6 Å². The number of ether oxygens (including phenoxy) is 1. The summed E-state index contributed by atoms with van der Waals surface area (Å²) in [5.74, 6) is -3.86. The van der Waals surface area contributed by atoms with E-state index in [0.29, 0.717) is 12.1 Å². The molecular formula is C7H4F3O. The monoisotopic (exact) mass is 161 g/mol. The van der Waals surface area contributed by atoms with Gasteiger partial charge in [0.05, 0.1) is 0 Å². The van der Waals surface area contributed by atoms with Gasteiger partial charge in [0, 0.05) is 12.1 Å². The molecule has 0 fully saturated rings. The molecule has 0 bridgehead atoms. The maximum Gasteiger partial charge on any atom is 0.191 e. The van der Waals surface area contributed by atoms with Crippen molar-refractivity contribution >= 4 is 0 Å². The summed E-state index contributed by atoms with van der Waals surface area (Å²) in [6.45, 7) is 0. The molecule has 0 heterocycles. The van der Waals surface area contributed by atoms with Crippen molar-refractivity contribution in [1.82, 2.24) is 0 Å².